The number of likely N-dealkylation sites (tertiary alicyclic amines) is 1. The Bertz CT molecular complexity index is 1190. The van der Waals surface area contributed by atoms with Crippen molar-refractivity contribution in [2.24, 2.45) is 5.92 Å². The van der Waals surface area contributed by atoms with Gasteiger partial charge in [-0.3, -0.25) is 9.59 Å². The van der Waals surface area contributed by atoms with E-state index in [1.54, 1.807) is 18.2 Å². The fourth-order valence-corrected chi connectivity index (χ4v) is 7.62. The number of anilines is 1. The molecule has 0 atom stereocenters. The van der Waals surface area contributed by atoms with E-state index in [2.05, 4.69) is 24.3 Å². The van der Waals surface area contributed by atoms with Gasteiger partial charge in [-0.1, -0.05) is 30.3 Å². The van der Waals surface area contributed by atoms with Crippen molar-refractivity contribution in [3.63, 3.8) is 0 Å². The molecule has 2 aromatic carbocycles. The van der Waals surface area contributed by atoms with Crippen LogP contribution in [0.1, 0.15) is 31.2 Å². The largest absolute Gasteiger partial charge is 0.341 e. The molecule has 186 valence electrons. The summed E-state index contributed by atoms with van der Waals surface area (Å²) in [6.07, 6.45) is 4.63. The Morgan fingerprint density at radius 2 is 1.69 bits per heavy atom. The van der Waals surface area contributed by atoms with Crippen LogP contribution in [0.15, 0.2) is 58.3 Å². The number of amides is 2. The minimum Gasteiger partial charge on any atom is -0.341 e. The minimum absolute atomic E-state index is 0.0526. The Morgan fingerprint density at radius 3 is 2.40 bits per heavy atom. The second-order valence-electron chi connectivity index (χ2n) is 9.52. The Labute approximate surface area is 211 Å². The summed E-state index contributed by atoms with van der Waals surface area (Å²) in [4.78, 5) is 30.3. The van der Waals surface area contributed by atoms with Gasteiger partial charge < -0.3 is 9.80 Å². The molecule has 0 N–H and O–H groups in total. The molecule has 2 saturated heterocycles. The molecular formula is C26H31N3O4S2. The van der Waals surface area contributed by atoms with Crippen LogP contribution in [0.2, 0.25) is 0 Å². The van der Waals surface area contributed by atoms with Gasteiger partial charge in [-0.25, -0.2) is 8.42 Å². The minimum atomic E-state index is -3.60. The monoisotopic (exact) mass is 513 g/mol. The average molecular weight is 514 g/mol. The van der Waals surface area contributed by atoms with Crippen LogP contribution in [0, 0.1) is 5.92 Å². The van der Waals surface area contributed by atoms with Crippen LogP contribution in [0.4, 0.5) is 5.69 Å². The summed E-state index contributed by atoms with van der Waals surface area (Å²) in [5, 5.41) is 0. The highest BCUT2D eigenvalue weighted by atomic mass is 32.2. The number of benzene rings is 2. The van der Waals surface area contributed by atoms with Crippen LogP contribution in [-0.4, -0.2) is 67.9 Å². The highest BCUT2D eigenvalue weighted by Crippen LogP contribution is 2.38. The maximum atomic E-state index is 13.2. The molecule has 0 bridgehead atoms. The first kappa shape index (κ1) is 24.3. The van der Waals surface area contributed by atoms with Gasteiger partial charge in [0.1, 0.15) is 6.54 Å². The number of hydrogen-bond donors (Lipinski definition) is 0. The van der Waals surface area contributed by atoms with E-state index in [1.165, 1.54) is 26.5 Å². The molecule has 0 aliphatic carbocycles. The van der Waals surface area contributed by atoms with E-state index >= 15 is 0 Å². The molecule has 3 heterocycles. The lowest BCUT2D eigenvalue weighted by Gasteiger charge is -2.35. The van der Waals surface area contributed by atoms with Crippen LogP contribution in [0.3, 0.4) is 0 Å². The van der Waals surface area contributed by atoms with Crippen LogP contribution in [-0.2, 0) is 26.0 Å². The SMILES string of the molecule is O=C(CN1C(=O)CSc2ccc(S(=O)(=O)N3CCCC3)cc21)N1CCC(Cc2ccccc2)CC1. The number of sulfonamides is 1. The summed E-state index contributed by atoms with van der Waals surface area (Å²) in [6.45, 7) is 2.36. The smallest absolute Gasteiger partial charge is 0.243 e. The van der Waals surface area contributed by atoms with Gasteiger partial charge in [0.15, 0.2) is 0 Å². The molecule has 0 aromatic heterocycles. The number of carbonyl (C=O) groups excluding carboxylic acids is 2. The first-order chi connectivity index (χ1) is 16.9. The van der Waals surface area contributed by atoms with E-state index in [-0.39, 0.29) is 29.0 Å². The quantitative estimate of drug-likeness (QED) is 0.592. The topological polar surface area (TPSA) is 78.0 Å². The lowest BCUT2D eigenvalue weighted by molar-refractivity contribution is -0.132. The van der Waals surface area contributed by atoms with Gasteiger partial charge in [0.2, 0.25) is 21.8 Å². The third-order valence-electron chi connectivity index (χ3n) is 7.20. The summed E-state index contributed by atoms with van der Waals surface area (Å²) < 4.78 is 27.7. The van der Waals surface area contributed by atoms with Gasteiger partial charge >= 0.3 is 0 Å². The molecule has 2 aromatic rings. The van der Waals surface area contributed by atoms with E-state index in [1.807, 2.05) is 11.0 Å². The molecule has 3 aliphatic rings. The number of fused-ring (bicyclic) bond motifs is 1. The molecule has 35 heavy (non-hydrogen) atoms. The van der Waals surface area contributed by atoms with Crippen molar-refractivity contribution in [2.75, 3.05) is 43.4 Å². The maximum Gasteiger partial charge on any atom is 0.243 e. The maximum absolute atomic E-state index is 13.2. The first-order valence-electron chi connectivity index (χ1n) is 12.3. The molecule has 7 nitrogen and oxygen atoms in total. The zero-order valence-electron chi connectivity index (χ0n) is 19.8. The lowest BCUT2D eigenvalue weighted by Crippen LogP contribution is -2.47. The van der Waals surface area contributed by atoms with E-state index < -0.39 is 10.0 Å². The lowest BCUT2D eigenvalue weighted by atomic mass is 9.90. The van der Waals surface area contributed by atoms with Crippen molar-refractivity contribution >= 4 is 39.3 Å². The highest BCUT2D eigenvalue weighted by Gasteiger charge is 2.33. The summed E-state index contributed by atoms with van der Waals surface area (Å²) in [5.41, 5.74) is 1.85. The number of thioether (sulfide) groups is 1. The van der Waals surface area contributed by atoms with Crippen LogP contribution < -0.4 is 4.90 Å². The number of piperidine rings is 1. The summed E-state index contributed by atoms with van der Waals surface area (Å²) in [7, 11) is -3.60. The zero-order chi connectivity index (χ0) is 24.4. The van der Waals surface area contributed by atoms with Crippen molar-refractivity contribution in [1.29, 1.82) is 0 Å². The van der Waals surface area contributed by atoms with Gasteiger partial charge in [0.05, 0.1) is 16.3 Å². The third kappa shape index (κ3) is 5.27. The predicted octanol–water partition coefficient (Wildman–Crippen LogP) is 3.39. The van der Waals surface area contributed by atoms with E-state index in [0.29, 0.717) is 37.8 Å². The van der Waals surface area contributed by atoms with Crippen molar-refractivity contribution in [2.45, 2.75) is 41.9 Å². The number of rotatable bonds is 6. The average Bonchev–Trinajstić information content (AvgIpc) is 3.43. The van der Waals surface area contributed by atoms with Gasteiger partial charge in [-0.2, -0.15) is 4.31 Å². The van der Waals surface area contributed by atoms with Gasteiger partial charge in [0, 0.05) is 31.1 Å². The Morgan fingerprint density at radius 1 is 0.971 bits per heavy atom. The second kappa shape index (κ2) is 10.3. The van der Waals surface area contributed by atoms with Crippen molar-refractivity contribution in [3.8, 4) is 0 Å². The van der Waals surface area contributed by atoms with Crippen LogP contribution in [0.25, 0.3) is 0 Å². The molecule has 2 fully saturated rings. The Balaban J connectivity index is 1.27. The van der Waals surface area contributed by atoms with Gasteiger partial charge in [-0.15, -0.1) is 11.8 Å². The van der Waals surface area contributed by atoms with Crippen molar-refractivity contribution < 1.29 is 18.0 Å². The van der Waals surface area contributed by atoms with E-state index in [0.717, 1.165) is 37.0 Å². The van der Waals surface area contributed by atoms with Crippen molar-refractivity contribution in [1.82, 2.24) is 9.21 Å². The number of hydrogen-bond acceptors (Lipinski definition) is 5. The van der Waals surface area contributed by atoms with Crippen LogP contribution >= 0.6 is 11.8 Å². The fraction of sp³-hybridized carbons (Fsp3) is 0.462. The molecule has 5 rings (SSSR count). The van der Waals surface area contributed by atoms with Gasteiger partial charge in [-0.05, 0) is 61.8 Å². The molecule has 2 amide bonds. The van der Waals surface area contributed by atoms with Crippen molar-refractivity contribution in [3.05, 3.63) is 54.1 Å². The highest BCUT2D eigenvalue weighted by molar-refractivity contribution is 8.00. The fourth-order valence-electron chi connectivity index (χ4n) is 5.16. The summed E-state index contributed by atoms with van der Waals surface area (Å²) >= 11 is 1.39. The predicted molar refractivity (Wildman–Crippen MR) is 137 cm³/mol. The third-order valence-corrected chi connectivity index (χ3v) is 10.1. The standard InChI is InChI=1S/C26H31N3O4S2/c30-25(27-14-10-21(11-15-27)16-20-6-2-1-3-7-20)18-29-23-17-22(8-9-24(23)34-19-26(29)31)35(32,33)28-12-4-5-13-28/h1-3,6-9,17,21H,4-5,10-16,18-19H2. The van der Waals surface area contributed by atoms with Crippen LogP contribution in [0.5, 0.6) is 0 Å². The number of nitrogens with zero attached hydrogens (tertiary/aromatic N) is 3. The molecule has 0 unspecified atom stereocenters. The molecule has 0 radical (unpaired) electrons. The summed E-state index contributed by atoms with van der Waals surface area (Å²) in [6, 6.07) is 15.4. The first-order valence-corrected chi connectivity index (χ1v) is 14.7. The summed E-state index contributed by atoms with van der Waals surface area (Å²) in [5.74, 6) is 0.554. The number of carbonyl (C=O) groups is 2. The normalized spacial score (nSPS) is 19.7. The second-order valence-corrected chi connectivity index (χ2v) is 12.5. The molecular weight excluding hydrogens is 482 g/mol. The molecule has 0 spiro atoms. The Hall–Kier alpha value is -2.36. The Kier molecular flexibility index (Phi) is 7.18. The molecule has 3 aliphatic heterocycles. The molecule has 0 saturated carbocycles. The van der Waals surface area contributed by atoms with Gasteiger partial charge in [0.25, 0.3) is 0 Å². The zero-order valence-corrected chi connectivity index (χ0v) is 21.4. The van der Waals surface area contributed by atoms with E-state index in [9.17, 15) is 18.0 Å². The molecule has 9 heteroatoms. The van der Waals surface area contributed by atoms with E-state index in [4.69, 9.17) is 0 Å².